The van der Waals surface area contributed by atoms with Gasteiger partial charge in [0.1, 0.15) is 5.75 Å². The number of methoxy groups -OCH3 is 1. The summed E-state index contributed by atoms with van der Waals surface area (Å²) in [6.45, 7) is 2.96. The van der Waals surface area contributed by atoms with Crippen LogP contribution in [0.15, 0.2) is 24.3 Å². The van der Waals surface area contributed by atoms with Crippen LogP contribution in [-0.2, 0) is 11.3 Å². The Morgan fingerprint density at radius 2 is 2.05 bits per heavy atom. The van der Waals surface area contributed by atoms with E-state index in [4.69, 9.17) is 9.47 Å². The van der Waals surface area contributed by atoms with E-state index in [2.05, 4.69) is 35.0 Å². The molecule has 1 fully saturated rings. The molecule has 0 atom stereocenters. The zero-order valence-electron chi connectivity index (χ0n) is 12.5. The van der Waals surface area contributed by atoms with Crippen LogP contribution in [0.25, 0.3) is 0 Å². The van der Waals surface area contributed by atoms with Gasteiger partial charge in [0, 0.05) is 5.33 Å². The van der Waals surface area contributed by atoms with Crippen molar-refractivity contribution in [1.29, 1.82) is 0 Å². The molecule has 1 aliphatic rings. The molecule has 112 valence electrons. The lowest BCUT2D eigenvalue weighted by Gasteiger charge is -2.39. The Hall–Kier alpha value is -0.540. The molecule has 2 rings (SSSR count). The highest BCUT2D eigenvalue weighted by Gasteiger charge is 2.34. The van der Waals surface area contributed by atoms with Crippen LogP contribution in [0.3, 0.4) is 0 Å². The van der Waals surface area contributed by atoms with Crippen LogP contribution in [0.4, 0.5) is 0 Å². The fourth-order valence-corrected chi connectivity index (χ4v) is 3.65. The lowest BCUT2D eigenvalue weighted by molar-refractivity contribution is -0.0702. The Kier molecular flexibility index (Phi) is 5.91. The minimum Gasteiger partial charge on any atom is -0.497 e. The van der Waals surface area contributed by atoms with Crippen molar-refractivity contribution < 1.29 is 9.47 Å². The molecule has 0 N–H and O–H groups in total. The summed E-state index contributed by atoms with van der Waals surface area (Å²) < 4.78 is 11.6. The summed E-state index contributed by atoms with van der Waals surface area (Å²) in [5.74, 6) is 1.79. The molecular formula is C17H25BrO2. The van der Waals surface area contributed by atoms with E-state index in [1.807, 2.05) is 12.1 Å². The second kappa shape index (κ2) is 7.46. The molecule has 0 amide bonds. The standard InChI is InChI=1S/C17H25BrO2/c1-3-14-7-9-17(13-18,10-8-14)20-12-15-5-4-6-16(11-15)19-2/h4-6,11,14H,3,7-10,12-13H2,1-2H3. The molecular weight excluding hydrogens is 316 g/mol. The molecule has 0 spiro atoms. The average Bonchev–Trinajstić information content (AvgIpc) is 2.53. The molecule has 0 radical (unpaired) electrons. The van der Waals surface area contributed by atoms with Crippen LogP contribution in [-0.4, -0.2) is 18.0 Å². The summed E-state index contributed by atoms with van der Waals surface area (Å²) in [4.78, 5) is 0. The van der Waals surface area contributed by atoms with Gasteiger partial charge in [0.05, 0.1) is 19.3 Å². The van der Waals surface area contributed by atoms with E-state index in [9.17, 15) is 0 Å². The van der Waals surface area contributed by atoms with E-state index in [-0.39, 0.29) is 5.60 Å². The summed E-state index contributed by atoms with van der Waals surface area (Å²) >= 11 is 3.66. The fraction of sp³-hybridized carbons (Fsp3) is 0.647. The van der Waals surface area contributed by atoms with E-state index >= 15 is 0 Å². The van der Waals surface area contributed by atoms with Gasteiger partial charge in [-0.15, -0.1) is 0 Å². The van der Waals surface area contributed by atoms with E-state index in [0.717, 1.165) is 17.0 Å². The molecule has 1 aromatic carbocycles. The van der Waals surface area contributed by atoms with Crippen molar-refractivity contribution in [2.75, 3.05) is 12.4 Å². The third kappa shape index (κ3) is 3.98. The smallest absolute Gasteiger partial charge is 0.119 e. The highest BCUT2D eigenvalue weighted by Crippen LogP contribution is 2.38. The van der Waals surface area contributed by atoms with Gasteiger partial charge in [-0.1, -0.05) is 41.4 Å². The Bertz CT molecular complexity index is 411. The molecule has 0 bridgehead atoms. The first-order valence-electron chi connectivity index (χ1n) is 7.54. The van der Waals surface area contributed by atoms with Crippen LogP contribution < -0.4 is 4.74 Å². The number of benzene rings is 1. The fourth-order valence-electron chi connectivity index (χ4n) is 2.93. The Labute approximate surface area is 131 Å². The van der Waals surface area contributed by atoms with E-state index in [1.165, 1.54) is 37.7 Å². The van der Waals surface area contributed by atoms with E-state index in [1.54, 1.807) is 7.11 Å². The predicted octanol–water partition coefficient (Wildman–Crippen LogP) is 4.95. The van der Waals surface area contributed by atoms with Gasteiger partial charge in [-0.25, -0.2) is 0 Å². The molecule has 0 aromatic heterocycles. The van der Waals surface area contributed by atoms with Gasteiger partial charge in [-0.3, -0.25) is 0 Å². The average molecular weight is 341 g/mol. The number of rotatable bonds is 6. The molecule has 1 aromatic rings. The first kappa shape index (κ1) is 15.8. The molecule has 0 unspecified atom stereocenters. The number of hydrogen-bond donors (Lipinski definition) is 0. The highest BCUT2D eigenvalue weighted by atomic mass is 79.9. The molecule has 0 saturated heterocycles. The SMILES string of the molecule is CCC1CCC(CBr)(OCc2cccc(OC)c2)CC1. The number of ether oxygens (including phenoxy) is 2. The number of alkyl halides is 1. The molecule has 3 heteroatoms. The van der Waals surface area contributed by atoms with Crippen molar-refractivity contribution in [3.63, 3.8) is 0 Å². The summed E-state index contributed by atoms with van der Waals surface area (Å²) in [6.07, 6.45) is 6.22. The minimum absolute atomic E-state index is 0.0226. The monoisotopic (exact) mass is 340 g/mol. The number of hydrogen-bond acceptors (Lipinski definition) is 2. The van der Waals surface area contributed by atoms with Crippen LogP contribution in [0.1, 0.15) is 44.6 Å². The van der Waals surface area contributed by atoms with Gasteiger partial charge >= 0.3 is 0 Å². The second-order valence-electron chi connectivity index (χ2n) is 5.81. The molecule has 1 aliphatic carbocycles. The van der Waals surface area contributed by atoms with Crippen LogP contribution >= 0.6 is 15.9 Å². The van der Waals surface area contributed by atoms with Crippen molar-refractivity contribution in [2.24, 2.45) is 5.92 Å². The van der Waals surface area contributed by atoms with Gasteiger partial charge in [0.25, 0.3) is 0 Å². The van der Waals surface area contributed by atoms with Crippen molar-refractivity contribution in [3.05, 3.63) is 29.8 Å². The Balaban J connectivity index is 1.93. The van der Waals surface area contributed by atoms with Crippen LogP contribution in [0.5, 0.6) is 5.75 Å². The maximum atomic E-state index is 6.30. The van der Waals surface area contributed by atoms with Crippen LogP contribution in [0.2, 0.25) is 0 Å². The third-order valence-electron chi connectivity index (χ3n) is 4.52. The molecule has 0 aliphatic heterocycles. The predicted molar refractivity (Wildman–Crippen MR) is 86.6 cm³/mol. The normalized spacial score (nSPS) is 26.4. The quantitative estimate of drug-likeness (QED) is 0.682. The minimum atomic E-state index is 0.0226. The maximum absolute atomic E-state index is 6.30. The zero-order valence-corrected chi connectivity index (χ0v) is 14.1. The maximum Gasteiger partial charge on any atom is 0.119 e. The Morgan fingerprint density at radius 3 is 2.65 bits per heavy atom. The highest BCUT2D eigenvalue weighted by molar-refractivity contribution is 9.09. The van der Waals surface area contributed by atoms with Crippen molar-refractivity contribution in [1.82, 2.24) is 0 Å². The van der Waals surface area contributed by atoms with E-state index in [0.29, 0.717) is 6.61 Å². The largest absolute Gasteiger partial charge is 0.497 e. The third-order valence-corrected chi connectivity index (χ3v) is 5.54. The topological polar surface area (TPSA) is 18.5 Å². The van der Waals surface area contributed by atoms with Gasteiger partial charge in [0.2, 0.25) is 0 Å². The molecule has 20 heavy (non-hydrogen) atoms. The summed E-state index contributed by atoms with van der Waals surface area (Å²) in [7, 11) is 1.70. The first-order valence-corrected chi connectivity index (χ1v) is 8.66. The summed E-state index contributed by atoms with van der Waals surface area (Å²) in [6, 6.07) is 8.14. The second-order valence-corrected chi connectivity index (χ2v) is 6.37. The van der Waals surface area contributed by atoms with Gasteiger partial charge < -0.3 is 9.47 Å². The molecule has 1 saturated carbocycles. The van der Waals surface area contributed by atoms with E-state index < -0.39 is 0 Å². The first-order chi connectivity index (χ1) is 9.71. The van der Waals surface area contributed by atoms with Gasteiger partial charge in [-0.2, -0.15) is 0 Å². The molecule has 2 nitrogen and oxygen atoms in total. The summed E-state index contributed by atoms with van der Waals surface area (Å²) in [5.41, 5.74) is 1.21. The van der Waals surface area contributed by atoms with Gasteiger partial charge in [-0.05, 0) is 49.3 Å². The molecule has 0 heterocycles. The van der Waals surface area contributed by atoms with Crippen molar-refractivity contribution >= 4 is 15.9 Å². The van der Waals surface area contributed by atoms with Crippen LogP contribution in [0, 0.1) is 5.92 Å². The van der Waals surface area contributed by atoms with Crippen molar-refractivity contribution in [3.8, 4) is 5.75 Å². The van der Waals surface area contributed by atoms with Gasteiger partial charge in [0.15, 0.2) is 0 Å². The summed E-state index contributed by atoms with van der Waals surface area (Å²) in [5, 5.41) is 0.931. The zero-order chi connectivity index (χ0) is 14.4. The lowest BCUT2D eigenvalue weighted by atomic mass is 9.78. The Morgan fingerprint density at radius 1 is 1.30 bits per heavy atom. The van der Waals surface area contributed by atoms with Crippen molar-refractivity contribution in [2.45, 2.75) is 51.2 Å². The lowest BCUT2D eigenvalue weighted by Crippen LogP contribution is -2.38. The number of halogens is 1.